The topological polar surface area (TPSA) is 32.3 Å². The zero-order valence-corrected chi connectivity index (χ0v) is 11.7. The van der Waals surface area contributed by atoms with E-state index in [2.05, 4.69) is 19.2 Å². The van der Waals surface area contributed by atoms with Gasteiger partial charge in [0.05, 0.1) is 5.75 Å². The standard InChI is InChI=1S/C14H20N2OS/c1-11-9-16(12(2)8-15-11)14(17)10-18-13-6-4-3-5-7-13/h3-7,11-12,15H,8-10H2,1-2H3. The first-order valence-electron chi connectivity index (χ1n) is 6.37. The molecule has 0 aromatic heterocycles. The molecule has 1 aliphatic rings. The van der Waals surface area contributed by atoms with Crippen molar-refractivity contribution in [3.05, 3.63) is 30.3 Å². The molecule has 1 fully saturated rings. The number of rotatable bonds is 3. The Hall–Kier alpha value is -1.00. The maximum atomic E-state index is 12.2. The second kappa shape index (κ2) is 6.25. The number of benzene rings is 1. The fourth-order valence-electron chi connectivity index (χ4n) is 2.11. The molecular formula is C14H20N2OS. The molecule has 1 heterocycles. The summed E-state index contributed by atoms with van der Waals surface area (Å²) in [6.45, 7) is 5.93. The molecule has 1 amide bonds. The molecule has 2 unspecified atom stereocenters. The number of carbonyl (C=O) groups is 1. The van der Waals surface area contributed by atoms with E-state index in [0.717, 1.165) is 18.0 Å². The van der Waals surface area contributed by atoms with E-state index in [1.54, 1.807) is 11.8 Å². The first kappa shape index (κ1) is 13.4. The van der Waals surface area contributed by atoms with Crippen LogP contribution in [0.3, 0.4) is 0 Å². The van der Waals surface area contributed by atoms with Crippen LogP contribution in [-0.2, 0) is 4.79 Å². The minimum atomic E-state index is 0.240. The number of nitrogens with zero attached hydrogens (tertiary/aromatic N) is 1. The Kier molecular flexibility index (Phi) is 4.66. The van der Waals surface area contributed by atoms with Gasteiger partial charge in [0.25, 0.3) is 0 Å². The highest BCUT2D eigenvalue weighted by Gasteiger charge is 2.26. The summed E-state index contributed by atoms with van der Waals surface area (Å²) in [6.07, 6.45) is 0. The Morgan fingerprint density at radius 2 is 2.11 bits per heavy atom. The molecule has 0 radical (unpaired) electrons. The molecule has 2 atom stereocenters. The van der Waals surface area contributed by atoms with Gasteiger partial charge in [0.2, 0.25) is 5.91 Å². The number of hydrogen-bond donors (Lipinski definition) is 1. The molecule has 18 heavy (non-hydrogen) atoms. The molecule has 1 saturated heterocycles. The van der Waals surface area contributed by atoms with Crippen LogP contribution in [0.1, 0.15) is 13.8 Å². The van der Waals surface area contributed by atoms with Gasteiger partial charge in [-0.05, 0) is 26.0 Å². The van der Waals surface area contributed by atoms with Crippen LogP contribution >= 0.6 is 11.8 Å². The first-order chi connectivity index (χ1) is 8.66. The average molecular weight is 264 g/mol. The fourth-order valence-corrected chi connectivity index (χ4v) is 2.92. The highest BCUT2D eigenvalue weighted by atomic mass is 32.2. The number of carbonyl (C=O) groups excluding carboxylic acids is 1. The Morgan fingerprint density at radius 1 is 1.39 bits per heavy atom. The van der Waals surface area contributed by atoms with Crippen LogP contribution in [0.2, 0.25) is 0 Å². The van der Waals surface area contributed by atoms with Gasteiger partial charge >= 0.3 is 0 Å². The summed E-state index contributed by atoms with van der Waals surface area (Å²) in [5.41, 5.74) is 0. The average Bonchev–Trinajstić information content (AvgIpc) is 2.40. The van der Waals surface area contributed by atoms with Gasteiger partial charge in [0.15, 0.2) is 0 Å². The van der Waals surface area contributed by atoms with Crippen molar-refractivity contribution in [1.82, 2.24) is 10.2 Å². The molecule has 0 bridgehead atoms. The minimum absolute atomic E-state index is 0.240. The highest BCUT2D eigenvalue weighted by molar-refractivity contribution is 8.00. The van der Waals surface area contributed by atoms with Crippen LogP contribution in [0.4, 0.5) is 0 Å². The molecular weight excluding hydrogens is 244 g/mol. The van der Waals surface area contributed by atoms with Gasteiger partial charge in [0, 0.05) is 30.1 Å². The van der Waals surface area contributed by atoms with E-state index < -0.39 is 0 Å². The second-order valence-corrected chi connectivity index (χ2v) is 5.85. The molecule has 1 aliphatic heterocycles. The van der Waals surface area contributed by atoms with Gasteiger partial charge in [0.1, 0.15) is 0 Å². The lowest BCUT2D eigenvalue weighted by molar-refractivity contribution is -0.131. The van der Waals surface area contributed by atoms with Crippen molar-refractivity contribution in [2.45, 2.75) is 30.8 Å². The number of nitrogens with one attached hydrogen (secondary N) is 1. The van der Waals surface area contributed by atoms with Gasteiger partial charge in [-0.15, -0.1) is 11.8 Å². The Labute approximate surface area is 113 Å². The van der Waals surface area contributed by atoms with E-state index in [4.69, 9.17) is 0 Å². The van der Waals surface area contributed by atoms with Gasteiger partial charge in [-0.1, -0.05) is 18.2 Å². The predicted octanol–water partition coefficient (Wildman–Crippen LogP) is 1.99. The SMILES string of the molecule is CC1CN(C(=O)CSc2ccccc2)C(C)CN1. The smallest absolute Gasteiger partial charge is 0.233 e. The third kappa shape index (κ3) is 3.50. The van der Waals surface area contributed by atoms with Crippen molar-refractivity contribution >= 4 is 17.7 Å². The van der Waals surface area contributed by atoms with Gasteiger partial charge < -0.3 is 10.2 Å². The fraction of sp³-hybridized carbons (Fsp3) is 0.500. The Balaban J connectivity index is 1.87. The van der Waals surface area contributed by atoms with Crippen LogP contribution in [0.5, 0.6) is 0 Å². The van der Waals surface area contributed by atoms with Crippen LogP contribution in [0.25, 0.3) is 0 Å². The van der Waals surface area contributed by atoms with Crippen molar-refractivity contribution in [2.75, 3.05) is 18.8 Å². The normalized spacial score (nSPS) is 24.0. The summed E-state index contributed by atoms with van der Waals surface area (Å²) >= 11 is 1.61. The Bertz CT molecular complexity index is 396. The van der Waals surface area contributed by atoms with Gasteiger partial charge in [-0.2, -0.15) is 0 Å². The molecule has 2 rings (SSSR count). The van der Waals surface area contributed by atoms with E-state index in [1.165, 1.54) is 0 Å². The summed E-state index contributed by atoms with van der Waals surface area (Å²) in [4.78, 5) is 15.4. The predicted molar refractivity (Wildman–Crippen MR) is 75.8 cm³/mol. The molecule has 3 nitrogen and oxygen atoms in total. The Morgan fingerprint density at radius 3 is 2.83 bits per heavy atom. The van der Waals surface area contributed by atoms with Crippen LogP contribution in [0.15, 0.2) is 35.2 Å². The molecule has 1 aromatic carbocycles. The summed E-state index contributed by atoms with van der Waals surface area (Å²) in [5, 5.41) is 3.39. The molecule has 4 heteroatoms. The van der Waals surface area contributed by atoms with Crippen molar-refractivity contribution in [3.8, 4) is 0 Å². The van der Waals surface area contributed by atoms with Crippen molar-refractivity contribution in [2.24, 2.45) is 0 Å². The molecule has 1 aromatic rings. The number of hydrogen-bond acceptors (Lipinski definition) is 3. The van der Waals surface area contributed by atoms with E-state index in [-0.39, 0.29) is 5.91 Å². The summed E-state index contributed by atoms with van der Waals surface area (Å²) in [5.74, 6) is 0.769. The lowest BCUT2D eigenvalue weighted by Gasteiger charge is -2.37. The van der Waals surface area contributed by atoms with E-state index >= 15 is 0 Å². The van der Waals surface area contributed by atoms with E-state index in [1.807, 2.05) is 35.2 Å². The van der Waals surface area contributed by atoms with E-state index in [9.17, 15) is 4.79 Å². The van der Waals surface area contributed by atoms with Crippen molar-refractivity contribution in [1.29, 1.82) is 0 Å². The number of thioether (sulfide) groups is 1. The zero-order chi connectivity index (χ0) is 13.0. The van der Waals surface area contributed by atoms with Crippen LogP contribution in [0, 0.1) is 0 Å². The molecule has 0 spiro atoms. The number of amides is 1. The summed E-state index contributed by atoms with van der Waals surface area (Å²) in [6, 6.07) is 10.8. The quantitative estimate of drug-likeness (QED) is 0.847. The third-order valence-corrected chi connectivity index (χ3v) is 4.19. The first-order valence-corrected chi connectivity index (χ1v) is 7.36. The maximum Gasteiger partial charge on any atom is 0.233 e. The third-order valence-electron chi connectivity index (χ3n) is 3.19. The minimum Gasteiger partial charge on any atom is -0.336 e. The molecule has 98 valence electrons. The largest absolute Gasteiger partial charge is 0.336 e. The number of piperazine rings is 1. The van der Waals surface area contributed by atoms with E-state index in [0.29, 0.717) is 17.8 Å². The summed E-state index contributed by atoms with van der Waals surface area (Å²) < 4.78 is 0. The van der Waals surface area contributed by atoms with Crippen LogP contribution < -0.4 is 5.32 Å². The highest BCUT2D eigenvalue weighted by Crippen LogP contribution is 2.18. The summed E-state index contributed by atoms with van der Waals surface area (Å²) in [7, 11) is 0. The molecule has 1 N–H and O–H groups in total. The second-order valence-electron chi connectivity index (χ2n) is 4.81. The molecule has 0 saturated carbocycles. The van der Waals surface area contributed by atoms with Gasteiger partial charge in [-0.3, -0.25) is 4.79 Å². The monoisotopic (exact) mass is 264 g/mol. The zero-order valence-electron chi connectivity index (χ0n) is 10.9. The van der Waals surface area contributed by atoms with Crippen molar-refractivity contribution < 1.29 is 4.79 Å². The van der Waals surface area contributed by atoms with Crippen LogP contribution in [-0.4, -0.2) is 41.7 Å². The lowest BCUT2D eigenvalue weighted by Crippen LogP contribution is -2.56. The van der Waals surface area contributed by atoms with Crippen molar-refractivity contribution in [3.63, 3.8) is 0 Å². The van der Waals surface area contributed by atoms with Gasteiger partial charge in [-0.25, -0.2) is 0 Å². The molecule has 0 aliphatic carbocycles. The maximum absolute atomic E-state index is 12.2. The lowest BCUT2D eigenvalue weighted by atomic mass is 10.1.